The van der Waals surface area contributed by atoms with Gasteiger partial charge in [-0.1, -0.05) is 6.92 Å². The maximum Gasteiger partial charge on any atom is 0.248 e. The minimum Gasteiger partial charge on any atom is -0.342 e. The minimum atomic E-state index is -0.727. The Morgan fingerprint density at radius 1 is 1.53 bits per heavy atom. The fourth-order valence-corrected chi connectivity index (χ4v) is 2.92. The minimum absolute atomic E-state index is 0.0270. The fourth-order valence-electron chi connectivity index (χ4n) is 2.92. The van der Waals surface area contributed by atoms with Crippen LogP contribution in [0.5, 0.6) is 0 Å². The van der Waals surface area contributed by atoms with E-state index in [0.717, 1.165) is 19.3 Å². The van der Waals surface area contributed by atoms with Crippen LogP contribution in [0.2, 0.25) is 0 Å². The molecule has 2 atom stereocenters. The summed E-state index contributed by atoms with van der Waals surface area (Å²) in [6.45, 7) is 4.38. The van der Waals surface area contributed by atoms with Crippen molar-refractivity contribution in [3.63, 3.8) is 0 Å². The summed E-state index contributed by atoms with van der Waals surface area (Å²) in [5, 5.41) is 2.94. The maximum absolute atomic E-state index is 12.8. The molecule has 1 saturated heterocycles. The summed E-state index contributed by atoms with van der Waals surface area (Å²) in [6.07, 6.45) is 9.17. The van der Waals surface area contributed by atoms with Gasteiger partial charge in [-0.15, -0.1) is 12.3 Å². The van der Waals surface area contributed by atoms with E-state index in [1.807, 2.05) is 18.7 Å². The molecule has 4 heteroatoms. The van der Waals surface area contributed by atoms with Crippen LogP contribution in [0.4, 0.5) is 0 Å². The highest BCUT2D eigenvalue weighted by atomic mass is 16.2. The van der Waals surface area contributed by atoms with Crippen LogP contribution in [-0.2, 0) is 9.59 Å². The predicted molar refractivity (Wildman–Crippen MR) is 73.1 cm³/mol. The maximum atomic E-state index is 12.8. The van der Waals surface area contributed by atoms with Gasteiger partial charge in [-0.2, -0.15) is 0 Å². The number of carbonyl (C=O) groups excluding carboxylic acids is 2. The summed E-state index contributed by atoms with van der Waals surface area (Å²) in [5.41, 5.74) is -0.727. The van der Waals surface area contributed by atoms with Crippen molar-refractivity contribution >= 4 is 11.8 Å². The van der Waals surface area contributed by atoms with Gasteiger partial charge in [0.05, 0.1) is 0 Å². The van der Waals surface area contributed by atoms with Crippen molar-refractivity contribution in [1.29, 1.82) is 0 Å². The third kappa shape index (κ3) is 2.60. The molecule has 0 radical (unpaired) electrons. The van der Waals surface area contributed by atoms with Crippen molar-refractivity contribution in [2.45, 2.75) is 57.5 Å². The Labute approximate surface area is 114 Å². The van der Waals surface area contributed by atoms with E-state index in [1.54, 1.807) is 0 Å². The highest BCUT2D eigenvalue weighted by Gasteiger charge is 2.51. The second-order valence-electron chi connectivity index (χ2n) is 5.74. The van der Waals surface area contributed by atoms with Gasteiger partial charge in [0.15, 0.2) is 0 Å². The van der Waals surface area contributed by atoms with E-state index in [9.17, 15) is 9.59 Å². The lowest BCUT2D eigenvalue weighted by Gasteiger charge is -2.36. The molecule has 2 rings (SSSR count). The van der Waals surface area contributed by atoms with Crippen molar-refractivity contribution in [1.82, 2.24) is 10.2 Å². The van der Waals surface area contributed by atoms with Gasteiger partial charge in [-0.25, -0.2) is 0 Å². The van der Waals surface area contributed by atoms with E-state index < -0.39 is 5.54 Å². The predicted octanol–water partition coefficient (Wildman–Crippen LogP) is 1.31. The zero-order valence-electron chi connectivity index (χ0n) is 11.7. The molecule has 1 aliphatic carbocycles. The van der Waals surface area contributed by atoms with Crippen molar-refractivity contribution < 1.29 is 9.59 Å². The van der Waals surface area contributed by atoms with Crippen LogP contribution in [0, 0.1) is 18.3 Å². The first kappa shape index (κ1) is 13.9. The second-order valence-corrected chi connectivity index (χ2v) is 5.74. The van der Waals surface area contributed by atoms with E-state index in [0.29, 0.717) is 19.4 Å². The lowest BCUT2D eigenvalue weighted by Crippen LogP contribution is -2.58. The monoisotopic (exact) mass is 262 g/mol. The summed E-state index contributed by atoms with van der Waals surface area (Å²) < 4.78 is 0. The first-order valence-electron chi connectivity index (χ1n) is 7.08. The first-order valence-corrected chi connectivity index (χ1v) is 7.08. The number of terminal acetylenes is 1. The van der Waals surface area contributed by atoms with Gasteiger partial charge in [-0.05, 0) is 32.1 Å². The largest absolute Gasteiger partial charge is 0.342 e. The van der Waals surface area contributed by atoms with E-state index in [4.69, 9.17) is 6.42 Å². The Balaban J connectivity index is 2.26. The van der Waals surface area contributed by atoms with Crippen LogP contribution < -0.4 is 5.32 Å². The van der Waals surface area contributed by atoms with Crippen molar-refractivity contribution in [3.8, 4) is 12.3 Å². The van der Waals surface area contributed by atoms with Gasteiger partial charge in [0.2, 0.25) is 11.8 Å². The molecule has 19 heavy (non-hydrogen) atoms. The van der Waals surface area contributed by atoms with Crippen LogP contribution in [0.25, 0.3) is 0 Å². The Morgan fingerprint density at radius 3 is 2.74 bits per heavy atom. The Kier molecular flexibility index (Phi) is 3.84. The summed E-state index contributed by atoms with van der Waals surface area (Å²) >= 11 is 0. The lowest BCUT2D eigenvalue weighted by molar-refractivity contribution is -0.141. The van der Waals surface area contributed by atoms with E-state index in [1.165, 1.54) is 0 Å². The molecular weight excluding hydrogens is 240 g/mol. The topological polar surface area (TPSA) is 49.4 Å². The Bertz CT molecular complexity index is 422. The molecule has 4 nitrogen and oxygen atoms in total. The standard InChI is InChI=1S/C15H22N2O2/c1-4-6-12(5-2)17-10-9-13(18)16-15(3,14(17)19)11-7-8-11/h1,11-12H,5-10H2,2-3H3,(H,16,18). The molecule has 0 bridgehead atoms. The smallest absolute Gasteiger partial charge is 0.248 e. The molecule has 0 aromatic carbocycles. The highest BCUT2D eigenvalue weighted by molar-refractivity contribution is 5.94. The summed E-state index contributed by atoms with van der Waals surface area (Å²) in [4.78, 5) is 26.5. The van der Waals surface area contributed by atoms with Gasteiger partial charge in [0.1, 0.15) is 5.54 Å². The second kappa shape index (κ2) is 5.24. The molecule has 1 saturated carbocycles. The normalized spacial score (nSPS) is 29.4. The molecule has 0 aromatic heterocycles. The summed E-state index contributed by atoms with van der Waals surface area (Å²) in [5.74, 6) is 2.94. The third-order valence-electron chi connectivity index (χ3n) is 4.34. The van der Waals surface area contributed by atoms with Gasteiger partial charge in [-0.3, -0.25) is 9.59 Å². The fraction of sp³-hybridized carbons (Fsp3) is 0.733. The molecule has 1 N–H and O–H groups in total. The number of amides is 2. The summed E-state index contributed by atoms with van der Waals surface area (Å²) in [6, 6.07) is 0.0447. The zero-order chi connectivity index (χ0) is 14.0. The quantitative estimate of drug-likeness (QED) is 0.777. The molecule has 1 heterocycles. The molecule has 0 spiro atoms. The number of carbonyl (C=O) groups is 2. The molecule has 0 aromatic rings. The van der Waals surface area contributed by atoms with Crippen molar-refractivity contribution in [3.05, 3.63) is 0 Å². The summed E-state index contributed by atoms with van der Waals surface area (Å²) in [7, 11) is 0. The number of nitrogens with one attached hydrogen (secondary N) is 1. The van der Waals surface area contributed by atoms with Crippen LogP contribution in [0.15, 0.2) is 0 Å². The number of hydrogen-bond acceptors (Lipinski definition) is 2. The first-order chi connectivity index (χ1) is 9.02. The lowest BCUT2D eigenvalue weighted by atomic mass is 9.93. The van der Waals surface area contributed by atoms with Gasteiger partial charge in [0, 0.05) is 25.4 Å². The SMILES string of the molecule is C#CCC(CC)N1CCC(=O)NC(C)(C2CC2)C1=O. The molecule has 2 fully saturated rings. The molecule has 2 unspecified atom stereocenters. The molecule has 104 valence electrons. The van der Waals surface area contributed by atoms with Crippen LogP contribution in [-0.4, -0.2) is 34.8 Å². The highest BCUT2D eigenvalue weighted by Crippen LogP contribution is 2.41. The third-order valence-corrected chi connectivity index (χ3v) is 4.34. The van der Waals surface area contributed by atoms with Gasteiger partial charge < -0.3 is 10.2 Å². The van der Waals surface area contributed by atoms with Gasteiger partial charge >= 0.3 is 0 Å². The molecular formula is C15H22N2O2. The zero-order valence-corrected chi connectivity index (χ0v) is 11.7. The van der Waals surface area contributed by atoms with E-state index in [2.05, 4.69) is 11.2 Å². The number of nitrogens with zero attached hydrogens (tertiary/aromatic N) is 1. The average Bonchev–Trinajstić information content (AvgIpc) is 3.20. The van der Waals surface area contributed by atoms with Crippen LogP contribution >= 0.6 is 0 Å². The molecule has 2 aliphatic rings. The van der Waals surface area contributed by atoms with Crippen molar-refractivity contribution in [2.24, 2.45) is 5.92 Å². The van der Waals surface area contributed by atoms with E-state index in [-0.39, 0.29) is 23.8 Å². The Hall–Kier alpha value is -1.50. The average molecular weight is 262 g/mol. The van der Waals surface area contributed by atoms with Crippen molar-refractivity contribution in [2.75, 3.05) is 6.54 Å². The van der Waals surface area contributed by atoms with Crippen LogP contribution in [0.3, 0.4) is 0 Å². The molecule has 1 aliphatic heterocycles. The Morgan fingerprint density at radius 2 is 2.21 bits per heavy atom. The number of rotatable bonds is 4. The van der Waals surface area contributed by atoms with Gasteiger partial charge in [0.25, 0.3) is 0 Å². The number of hydrogen-bond donors (Lipinski definition) is 1. The van der Waals surface area contributed by atoms with E-state index >= 15 is 0 Å². The van der Waals surface area contributed by atoms with Crippen LogP contribution in [0.1, 0.15) is 46.0 Å². The molecule has 2 amide bonds.